The molecule has 0 bridgehead atoms. The molecule has 1 amide bonds. The number of aliphatic hydroxyl groups is 2. The van der Waals surface area contributed by atoms with Crippen LogP contribution in [0.5, 0.6) is 0 Å². The number of carbonyl (C=O) groups is 1. The molecule has 0 spiro atoms. The molecule has 0 aliphatic heterocycles. The molecule has 0 aromatic rings. The fraction of sp³-hybridized carbons (Fsp3) is 0.893. The first-order valence-electron chi connectivity index (χ1n) is 14.0. The van der Waals surface area contributed by atoms with Crippen LogP contribution in [0.4, 0.5) is 0 Å². The summed E-state index contributed by atoms with van der Waals surface area (Å²) in [5.74, 6) is -2.41. The maximum Gasteiger partial charge on any atom is 0.251 e. The lowest BCUT2D eigenvalue weighted by atomic mass is 10.0. The van der Waals surface area contributed by atoms with E-state index in [1.807, 2.05) is 6.08 Å². The van der Waals surface area contributed by atoms with Crippen LogP contribution in [0.3, 0.4) is 0 Å². The molecule has 5 nitrogen and oxygen atoms in total. The molecule has 0 aliphatic carbocycles. The molecule has 0 radical (unpaired) electrons. The first kappa shape index (κ1) is 32.1. The summed E-state index contributed by atoms with van der Waals surface area (Å²) >= 11 is 0. The number of hydrogen-bond donors (Lipinski definition) is 3. The van der Waals surface area contributed by atoms with Gasteiger partial charge in [-0.3, -0.25) is 4.79 Å². The summed E-state index contributed by atoms with van der Waals surface area (Å²) in [7, 11) is 2.08. The Balaban J connectivity index is 3.68. The molecule has 0 aliphatic rings. The predicted molar refractivity (Wildman–Crippen MR) is 141 cm³/mol. The van der Waals surface area contributed by atoms with Crippen LogP contribution in [0.2, 0.25) is 0 Å². The van der Waals surface area contributed by atoms with Crippen LogP contribution in [0.15, 0.2) is 12.7 Å². The highest BCUT2D eigenvalue weighted by atomic mass is 16.5. The van der Waals surface area contributed by atoms with E-state index in [9.17, 15) is 15.0 Å². The van der Waals surface area contributed by atoms with E-state index in [2.05, 4.69) is 32.8 Å². The summed E-state index contributed by atoms with van der Waals surface area (Å²) < 4.78 is 0.692. The van der Waals surface area contributed by atoms with Gasteiger partial charge in [0, 0.05) is 6.42 Å². The molecule has 5 heteroatoms. The molecule has 0 saturated heterocycles. The number of unbranched alkanes of at least 4 members (excludes halogenated alkanes) is 14. The number of amides is 1. The lowest BCUT2D eigenvalue weighted by molar-refractivity contribution is -0.905. The Bertz CT molecular complexity index is 482. The second-order valence-corrected chi connectivity index (χ2v) is 10.4. The Morgan fingerprint density at radius 1 is 0.788 bits per heavy atom. The molecule has 33 heavy (non-hydrogen) atoms. The van der Waals surface area contributed by atoms with Gasteiger partial charge in [0.05, 0.1) is 33.1 Å². The SMILES string of the molecule is C=CC[N+](C)(CCC)CCC(O)(O)NC(=O)CCCCCCCCCCCCCCCCC. The average molecular weight is 470 g/mol. The minimum Gasteiger partial charge on any atom is -0.349 e. The van der Waals surface area contributed by atoms with Crippen molar-refractivity contribution >= 4 is 5.91 Å². The average Bonchev–Trinajstić information content (AvgIpc) is 2.75. The lowest BCUT2D eigenvalue weighted by Crippen LogP contribution is -2.54. The van der Waals surface area contributed by atoms with Gasteiger partial charge < -0.3 is 20.0 Å². The molecule has 0 fully saturated rings. The molecule has 3 N–H and O–H groups in total. The van der Waals surface area contributed by atoms with Gasteiger partial charge in [0.15, 0.2) is 0 Å². The van der Waals surface area contributed by atoms with Crippen molar-refractivity contribution in [2.24, 2.45) is 0 Å². The van der Waals surface area contributed by atoms with Crippen molar-refractivity contribution in [1.82, 2.24) is 5.32 Å². The molecule has 0 saturated carbocycles. The second kappa shape index (κ2) is 20.5. The van der Waals surface area contributed by atoms with Crippen molar-refractivity contribution in [3.63, 3.8) is 0 Å². The largest absolute Gasteiger partial charge is 0.349 e. The van der Waals surface area contributed by atoms with E-state index in [1.54, 1.807) is 0 Å². The highest BCUT2D eigenvalue weighted by Crippen LogP contribution is 2.15. The number of likely N-dealkylation sites (N-methyl/N-ethyl adjacent to an activating group) is 1. The van der Waals surface area contributed by atoms with Crippen molar-refractivity contribution in [1.29, 1.82) is 0 Å². The van der Waals surface area contributed by atoms with Crippen molar-refractivity contribution in [3.05, 3.63) is 12.7 Å². The fourth-order valence-electron chi connectivity index (χ4n) is 4.58. The molecule has 1 unspecified atom stereocenters. The zero-order chi connectivity index (χ0) is 24.8. The van der Waals surface area contributed by atoms with Crippen LogP contribution in [-0.4, -0.2) is 53.2 Å². The smallest absolute Gasteiger partial charge is 0.251 e. The zero-order valence-corrected chi connectivity index (χ0v) is 22.4. The fourth-order valence-corrected chi connectivity index (χ4v) is 4.58. The van der Waals surface area contributed by atoms with Gasteiger partial charge in [-0.05, 0) is 18.9 Å². The number of nitrogens with one attached hydrogen (secondary N) is 1. The summed E-state index contributed by atoms with van der Waals surface area (Å²) in [5, 5.41) is 22.8. The number of hydrogen-bond acceptors (Lipinski definition) is 3. The van der Waals surface area contributed by atoms with Gasteiger partial charge in [-0.1, -0.05) is 110 Å². The van der Waals surface area contributed by atoms with E-state index in [-0.39, 0.29) is 12.3 Å². The van der Waals surface area contributed by atoms with E-state index < -0.39 is 5.91 Å². The zero-order valence-electron chi connectivity index (χ0n) is 22.4. The Morgan fingerprint density at radius 3 is 1.67 bits per heavy atom. The molecule has 1 atom stereocenters. The lowest BCUT2D eigenvalue weighted by Gasteiger charge is -2.35. The third-order valence-corrected chi connectivity index (χ3v) is 6.68. The first-order valence-corrected chi connectivity index (χ1v) is 14.0. The molecular formula is C28H57N2O3+. The van der Waals surface area contributed by atoms with Crippen molar-refractivity contribution in [3.8, 4) is 0 Å². The molecule has 0 rings (SSSR count). The van der Waals surface area contributed by atoms with Gasteiger partial charge in [-0.25, -0.2) is 0 Å². The Labute approximate surface area is 205 Å². The minimum absolute atomic E-state index is 0.113. The van der Waals surface area contributed by atoms with Gasteiger partial charge in [0.1, 0.15) is 0 Å². The normalized spacial score (nSPS) is 13.6. The van der Waals surface area contributed by atoms with E-state index in [1.165, 1.54) is 77.0 Å². The van der Waals surface area contributed by atoms with Crippen LogP contribution >= 0.6 is 0 Å². The third kappa shape index (κ3) is 20.2. The minimum atomic E-state index is -2.14. The van der Waals surface area contributed by atoms with Crippen LogP contribution in [0.25, 0.3) is 0 Å². The summed E-state index contributed by atoms with van der Waals surface area (Å²) in [4.78, 5) is 12.1. The number of nitrogens with zero attached hydrogens (tertiary/aromatic N) is 1. The quantitative estimate of drug-likeness (QED) is 0.0660. The summed E-state index contributed by atoms with van der Waals surface area (Å²) in [5.41, 5.74) is 0. The monoisotopic (exact) mass is 469 g/mol. The van der Waals surface area contributed by atoms with Gasteiger partial charge in [-0.15, -0.1) is 0 Å². The predicted octanol–water partition coefficient (Wildman–Crippen LogP) is 6.44. The molecule has 0 aromatic carbocycles. The maximum atomic E-state index is 12.1. The van der Waals surface area contributed by atoms with E-state index in [4.69, 9.17) is 0 Å². The van der Waals surface area contributed by atoms with Gasteiger partial charge in [0.25, 0.3) is 5.91 Å². The van der Waals surface area contributed by atoms with Crippen LogP contribution in [-0.2, 0) is 4.79 Å². The van der Waals surface area contributed by atoms with Gasteiger partial charge in [-0.2, -0.15) is 0 Å². The summed E-state index contributed by atoms with van der Waals surface area (Å²) in [6.07, 6.45) is 22.7. The van der Waals surface area contributed by atoms with Crippen LogP contribution in [0.1, 0.15) is 129 Å². The van der Waals surface area contributed by atoms with E-state index >= 15 is 0 Å². The molecule has 196 valence electrons. The van der Waals surface area contributed by atoms with Crippen molar-refractivity contribution in [2.45, 2.75) is 135 Å². The maximum absolute atomic E-state index is 12.1. The Kier molecular flexibility index (Phi) is 19.9. The summed E-state index contributed by atoms with van der Waals surface area (Å²) in [6, 6.07) is 0. The third-order valence-electron chi connectivity index (χ3n) is 6.68. The van der Waals surface area contributed by atoms with Crippen molar-refractivity contribution < 1.29 is 19.5 Å². The van der Waals surface area contributed by atoms with Crippen LogP contribution < -0.4 is 5.32 Å². The number of rotatable bonds is 24. The van der Waals surface area contributed by atoms with Gasteiger partial charge >= 0.3 is 0 Å². The standard InChI is InChI=1S/C28H56N2O3/c1-5-8-9-10-11-12-13-14-15-16-17-18-19-20-21-22-27(31)29-28(32,33)23-26-30(4,24-6-2)25-7-3/h6,32-33H,2,5,7-26H2,1,3-4H3/p+1. The highest BCUT2D eigenvalue weighted by Gasteiger charge is 2.30. The Hall–Kier alpha value is -0.910. The van der Waals surface area contributed by atoms with Crippen molar-refractivity contribution in [2.75, 3.05) is 26.7 Å². The van der Waals surface area contributed by atoms with E-state index in [0.29, 0.717) is 17.4 Å². The van der Waals surface area contributed by atoms with Gasteiger partial charge in [0.2, 0.25) is 5.91 Å². The molecule has 0 aromatic heterocycles. The highest BCUT2D eigenvalue weighted by molar-refractivity contribution is 5.76. The number of quaternary nitrogens is 1. The first-order chi connectivity index (χ1) is 15.8. The van der Waals surface area contributed by atoms with Crippen LogP contribution in [0, 0.1) is 0 Å². The van der Waals surface area contributed by atoms with E-state index in [0.717, 1.165) is 38.8 Å². The summed E-state index contributed by atoms with van der Waals surface area (Å²) in [6.45, 7) is 10.5. The second-order valence-electron chi connectivity index (χ2n) is 10.4. The topological polar surface area (TPSA) is 69.6 Å². The molecule has 0 heterocycles. The Morgan fingerprint density at radius 2 is 1.24 bits per heavy atom. The molecular weight excluding hydrogens is 412 g/mol. The number of carbonyl (C=O) groups excluding carboxylic acids is 1.